The minimum atomic E-state index is -1.82. The Labute approximate surface area is 200 Å². The van der Waals surface area contributed by atoms with Crippen LogP contribution < -0.4 is 10.6 Å². The number of phenols is 1. The Kier molecular flexibility index (Phi) is 6.18. The zero-order valence-corrected chi connectivity index (χ0v) is 20.4. The Morgan fingerprint density at radius 1 is 1.12 bits per heavy atom. The first-order valence-corrected chi connectivity index (χ1v) is 11.7. The smallest absolute Gasteiger partial charge is 0.269 e. The number of benzene rings is 2. The number of nitrogens with zero attached hydrogens (tertiary/aromatic N) is 3. The van der Waals surface area contributed by atoms with Crippen LogP contribution in [0, 0.1) is 5.41 Å². The number of fused-ring (bicyclic) bond motifs is 1. The van der Waals surface area contributed by atoms with Crippen molar-refractivity contribution in [2.45, 2.75) is 26.8 Å². The highest BCUT2D eigenvalue weighted by molar-refractivity contribution is 7.83. The van der Waals surface area contributed by atoms with E-state index in [1.165, 1.54) is 11.0 Å². The molecule has 0 saturated carbocycles. The third-order valence-corrected chi connectivity index (χ3v) is 6.12. The predicted octanol–water partition coefficient (Wildman–Crippen LogP) is 4.02. The van der Waals surface area contributed by atoms with Crippen LogP contribution in [0.2, 0.25) is 0 Å². The maximum Gasteiger partial charge on any atom is 0.269 e. The molecule has 34 heavy (non-hydrogen) atoms. The van der Waals surface area contributed by atoms with E-state index < -0.39 is 11.2 Å². The number of para-hydroxylation sites is 1. The standard InChI is InChI=1S/C24H27N5O4S/c1-24(2,3)20(15-9-10-18-14(13-15)11-12-33-18)26-22-21(27-34(32)28-22)25-17-8-6-7-16(19(17)30)23(31)29(4)5/h6-13,20,30H,1-5H3,(H,25,27)(H,26,28). The molecule has 0 aliphatic carbocycles. The summed E-state index contributed by atoms with van der Waals surface area (Å²) in [5.41, 5.74) is 1.95. The molecule has 1 aliphatic rings. The molecule has 2 unspecified atom stereocenters. The number of furan rings is 1. The number of carbonyl (C=O) groups excluding carboxylic acids is 1. The molecule has 0 saturated heterocycles. The Morgan fingerprint density at radius 3 is 2.56 bits per heavy atom. The van der Waals surface area contributed by atoms with Crippen molar-refractivity contribution in [3.05, 3.63) is 59.9 Å². The highest BCUT2D eigenvalue weighted by atomic mass is 32.2. The van der Waals surface area contributed by atoms with Gasteiger partial charge >= 0.3 is 0 Å². The lowest BCUT2D eigenvalue weighted by atomic mass is 9.82. The molecule has 1 aliphatic heterocycles. The zero-order chi connectivity index (χ0) is 24.6. The maximum absolute atomic E-state index is 12.4. The molecule has 0 bridgehead atoms. The highest BCUT2D eigenvalue weighted by Crippen LogP contribution is 2.35. The van der Waals surface area contributed by atoms with Crippen LogP contribution in [0.15, 0.2) is 61.9 Å². The van der Waals surface area contributed by atoms with Crippen molar-refractivity contribution in [2.24, 2.45) is 14.2 Å². The molecule has 0 radical (unpaired) electrons. The number of hydrogen-bond donors (Lipinski definition) is 3. The first-order chi connectivity index (χ1) is 16.0. The van der Waals surface area contributed by atoms with Gasteiger partial charge < -0.3 is 25.1 Å². The largest absolute Gasteiger partial charge is 0.505 e. The number of rotatable bonds is 4. The van der Waals surface area contributed by atoms with Crippen molar-refractivity contribution < 1.29 is 18.5 Å². The number of amidine groups is 2. The number of aromatic hydroxyl groups is 1. The van der Waals surface area contributed by atoms with Crippen LogP contribution in [-0.4, -0.2) is 45.9 Å². The fourth-order valence-corrected chi connectivity index (χ4v) is 4.35. The lowest BCUT2D eigenvalue weighted by molar-refractivity contribution is 0.0824. The van der Waals surface area contributed by atoms with Gasteiger partial charge in [0.15, 0.2) is 17.4 Å². The molecule has 0 fully saturated rings. The van der Waals surface area contributed by atoms with Crippen LogP contribution >= 0.6 is 0 Å². The van der Waals surface area contributed by atoms with Gasteiger partial charge in [-0.25, -0.2) is 4.21 Å². The van der Waals surface area contributed by atoms with Crippen LogP contribution in [0.1, 0.15) is 42.7 Å². The summed E-state index contributed by atoms with van der Waals surface area (Å²) in [7, 11) is 3.21. The lowest BCUT2D eigenvalue weighted by Gasteiger charge is -2.32. The van der Waals surface area contributed by atoms with Gasteiger partial charge in [-0.1, -0.05) is 32.9 Å². The van der Waals surface area contributed by atoms with Gasteiger partial charge in [0.2, 0.25) is 0 Å². The second-order valence-electron chi connectivity index (χ2n) is 9.30. The molecule has 3 aromatic rings. The molecule has 9 nitrogen and oxygen atoms in total. The summed E-state index contributed by atoms with van der Waals surface area (Å²) in [5.74, 6) is -0.0535. The molecule has 1 aromatic heterocycles. The van der Waals surface area contributed by atoms with E-state index >= 15 is 0 Å². The number of amides is 1. The van der Waals surface area contributed by atoms with Gasteiger partial charge in [0.05, 0.1) is 23.6 Å². The summed E-state index contributed by atoms with van der Waals surface area (Å²) in [6, 6.07) is 12.4. The van der Waals surface area contributed by atoms with Gasteiger partial charge in [-0.2, -0.15) is 0 Å². The molecule has 2 aromatic carbocycles. The Bertz CT molecular complexity index is 1340. The highest BCUT2D eigenvalue weighted by Gasteiger charge is 2.31. The lowest BCUT2D eigenvalue weighted by Crippen LogP contribution is -2.41. The van der Waals surface area contributed by atoms with Crippen molar-refractivity contribution in [1.29, 1.82) is 0 Å². The summed E-state index contributed by atoms with van der Waals surface area (Å²) in [6.07, 6.45) is 1.65. The van der Waals surface area contributed by atoms with E-state index in [1.54, 1.807) is 32.5 Å². The third-order valence-electron chi connectivity index (χ3n) is 5.45. The number of anilines is 1. The van der Waals surface area contributed by atoms with Crippen LogP contribution in [-0.2, 0) is 11.2 Å². The van der Waals surface area contributed by atoms with Gasteiger partial charge in [0.1, 0.15) is 5.58 Å². The van der Waals surface area contributed by atoms with Gasteiger partial charge in [-0.05, 0) is 41.3 Å². The molecule has 2 heterocycles. The van der Waals surface area contributed by atoms with Gasteiger partial charge in [-0.15, -0.1) is 8.80 Å². The van der Waals surface area contributed by atoms with Gasteiger partial charge in [-0.3, -0.25) is 4.79 Å². The van der Waals surface area contributed by atoms with Crippen molar-refractivity contribution in [3.8, 4) is 5.75 Å². The second-order valence-corrected chi connectivity index (χ2v) is 10.1. The summed E-state index contributed by atoms with van der Waals surface area (Å²) in [6.45, 7) is 6.26. The van der Waals surface area contributed by atoms with Crippen molar-refractivity contribution in [2.75, 3.05) is 19.4 Å². The molecule has 3 N–H and O–H groups in total. The van der Waals surface area contributed by atoms with Gasteiger partial charge in [0.25, 0.3) is 17.1 Å². The number of nitrogens with one attached hydrogen (secondary N) is 2. The van der Waals surface area contributed by atoms with E-state index in [4.69, 9.17) is 4.42 Å². The average Bonchev–Trinajstić information content (AvgIpc) is 3.37. The predicted molar refractivity (Wildman–Crippen MR) is 134 cm³/mol. The molecule has 0 spiro atoms. The van der Waals surface area contributed by atoms with E-state index in [0.29, 0.717) is 5.84 Å². The number of hydrogen-bond acceptors (Lipinski definition) is 6. The van der Waals surface area contributed by atoms with Crippen LogP contribution in [0.4, 0.5) is 5.69 Å². The third kappa shape index (κ3) is 4.67. The average molecular weight is 482 g/mol. The summed E-state index contributed by atoms with van der Waals surface area (Å²) in [5, 5.41) is 18.0. The number of phenolic OH excluding ortho intramolecular Hbond substituents is 1. The zero-order valence-electron chi connectivity index (χ0n) is 19.6. The molecular weight excluding hydrogens is 454 g/mol. The van der Waals surface area contributed by atoms with Crippen LogP contribution in [0.25, 0.3) is 11.0 Å². The first-order valence-electron chi connectivity index (χ1n) is 10.7. The van der Waals surface area contributed by atoms with E-state index in [-0.39, 0.29) is 40.2 Å². The van der Waals surface area contributed by atoms with E-state index in [9.17, 15) is 14.1 Å². The van der Waals surface area contributed by atoms with Crippen LogP contribution in [0.5, 0.6) is 5.75 Å². The fraction of sp³-hybridized carbons (Fsp3) is 0.292. The molecule has 178 valence electrons. The fourth-order valence-electron chi connectivity index (χ4n) is 3.73. The summed E-state index contributed by atoms with van der Waals surface area (Å²) < 4.78 is 25.9. The molecular formula is C24H27N5O4S. The quantitative estimate of drug-likeness (QED) is 0.484. The van der Waals surface area contributed by atoms with Gasteiger partial charge in [0, 0.05) is 19.5 Å². The Hall–Kier alpha value is -3.66. The second kappa shape index (κ2) is 8.94. The summed E-state index contributed by atoms with van der Waals surface area (Å²) in [4.78, 5) is 13.7. The normalized spacial score (nSPS) is 16.7. The van der Waals surface area contributed by atoms with Crippen molar-refractivity contribution in [1.82, 2.24) is 10.2 Å². The minimum Gasteiger partial charge on any atom is -0.505 e. The Morgan fingerprint density at radius 2 is 1.85 bits per heavy atom. The molecule has 1 amide bonds. The van der Waals surface area contributed by atoms with E-state index in [0.717, 1.165) is 16.5 Å². The monoisotopic (exact) mass is 481 g/mol. The maximum atomic E-state index is 12.4. The van der Waals surface area contributed by atoms with Crippen molar-refractivity contribution in [3.63, 3.8) is 0 Å². The van der Waals surface area contributed by atoms with Crippen LogP contribution in [0.3, 0.4) is 0 Å². The minimum absolute atomic E-state index is 0.141. The van der Waals surface area contributed by atoms with Crippen molar-refractivity contribution >= 4 is 45.4 Å². The Balaban J connectivity index is 1.63. The molecule has 10 heteroatoms. The summed E-state index contributed by atoms with van der Waals surface area (Å²) >= 11 is -1.82. The SMILES string of the molecule is CN(C)C(=O)c1cccc(NC2=NS(=O)N=C2NC(c2ccc3occc3c2)C(C)(C)C)c1O. The van der Waals surface area contributed by atoms with E-state index in [1.807, 2.05) is 24.3 Å². The number of carbonyl (C=O) groups is 1. The van der Waals surface area contributed by atoms with E-state index in [2.05, 4.69) is 40.2 Å². The first kappa shape index (κ1) is 23.5. The molecule has 2 atom stereocenters. The molecule has 4 rings (SSSR count). The topological polar surface area (TPSA) is 120 Å².